The molecule has 0 aromatic heterocycles. The predicted octanol–water partition coefficient (Wildman–Crippen LogP) is -0.539. The molecule has 1 aliphatic heterocycles. The van der Waals surface area contributed by atoms with Gasteiger partial charge < -0.3 is 10.6 Å². The van der Waals surface area contributed by atoms with Gasteiger partial charge in [-0.2, -0.15) is 5.26 Å². The molecule has 1 heterocycles. The van der Waals surface area contributed by atoms with Crippen LogP contribution in [0.2, 0.25) is 0 Å². The summed E-state index contributed by atoms with van der Waals surface area (Å²) in [6.07, 6.45) is 6.58. The number of hydrogen-bond donors (Lipinski definition) is 1. The minimum atomic E-state index is -0.392. The fourth-order valence-corrected chi connectivity index (χ4v) is 1.55. The van der Waals surface area contributed by atoms with Crippen LogP contribution in [0.4, 0.5) is 0 Å². The second-order valence-corrected chi connectivity index (χ2v) is 2.91. The molecule has 1 saturated heterocycles. The van der Waals surface area contributed by atoms with Crippen LogP contribution in [0.25, 0.3) is 0 Å². The quantitative estimate of drug-likeness (QED) is 0.547. The predicted molar refractivity (Wildman–Crippen MR) is 47.2 cm³/mol. The zero-order chi connectivity index (χ0) is 9.84. The summed E-state index contributed by atoms with van der Waals surface area (Å²) in [6, 6.07) is 1.41. The van der Waals surface area contributed by atoms with E-state index in [1.807, 2.05) is 6.07 Å². The molecule has 0 aromatic carbocycles. The second-order valence-electron chi connectivity index (χ2n) is 2.91. The average molecular weight is 177 g/mol. The molecule has 2 unspecified atom stereocenters. The lowest BCUT2D eigenvalue weighted by Gasteiger charge is -2.22. The minimum absolute atomic E-state index is 0.0869. The van der Waals surface area contributed by atoms with E-state index in [-0.39, 0.29) is 18.5 Å². The fourth-order valence-electron chi connectivity index (χ4n) is 1.55. The third kappa shape index (κ3) is 1.63. The lowest BCUT2D eigenvalue weighted by molar-refractivity contribution is -0.130. The Labute approximate surface area is 77.3 Å². The SMILES string of the molecule is C#CC1CCC(C#N)N1C(=O)CN. The lowest BCUT2D eigenvalue weighted by atomic mass is 10.2. The first-order valence-electron chi connectivity index (χ1n) is 4.11. The topological polar surface area (TPSA) is 70.1 Å². The molecule has 0 spiro atoms. The van der Waals surface area contributed by atoms with Gasteiger partial charge in [0.2, 0.25) is 5.91 Å². The van der Waals surface area contributed by atoms with Gasteiger partial charge >= 0.3 is 0 Å². The van der Waals surface area contributed by atoms with Crippen LogP contribution in [0, 0.1) is 23.7 Å². The number of carbonyl (C=O) groups is 1. The highest BCUT2D eigenvalue weighted by Crippen LogP contribution is 2.22. The lowest BCUT2D eigenvalue weighted by Crippen LogP contribution is -2.43. The van der Waals surface area contributed by atoms with Crippen molar-refractivity contribution in [2.24, 2.45) is 5.73 Å². The zero-order valence-corrected chi connectivity index (χ0v) is 7.23. The maximum Gasteiger partial charge on any atom is 0.238 e. The van der Waals surface area contributed by atoms with Crippen molar-refractivity contribution >= 4 is 5.91 Å². The molecule has 2 atom stereocenters. The van der Waals surface area contributed by atoms with Crippen molar-refractivity contribution in [2.45, 2.75) is 24.9 Å². The Hall–Kier alpha value is -1.52. The third-order valence-electron chi connectivity index (χ3n) is 2.19. The minimum Gasteiger partial charge on any atom is -0.322 e. The van der Waals surface area contributed by atoms with Crippen LogP contribution in [-0.2, 0) is 4.79 Å². The van der Waals surface area contributed by atoms with Gasteiger partial charge in [0.15, 0.2) is 0 Å². The summed E-state index contributed by atoms with van der Waals surface area (Å²) in [5.41, 5.74) is 5.22. The first-order valence-corrected chi connectivity index (χ1v) is 4.11. The molecule has 4 heteroatoms. The van der Waals surface area contributed by atoms with Crippen LogP contribution < -0.4 is 5.73 Å². The number of carbonyl (C=O) groups excluding carboxylic acids is 1. The van der Waals surface area contributed by atoms with Crippen LogP contribution in [0.15, 0.2) is 0 Å². The first-order chi connectivity index (χ1) is 6.24. The normalized spacial score (nSPS) is 26.5. The highest BCUT2D eigenvalue weighted by atomic mass is 16.2. The molecular formula is C9H11N3O. The van der Waals surface area contributed by atoms with E-state index in [9.17, 15) is 4.79 Å². The third-order valence-corrected chi connectivity index (χ3v) is 2.19. The van der Waals surface area contributed by atoms with Crippen LogP contribution in [-0.4, -0.2) is 29.4 Å². The Morgan fingerprint density at radius 1 is 1.62 bits per heavy atom. The van der Waals surface area contributed by atoms with Crippen LogP contribution >= 0.6 is 0 Å². The molecule has 0 bridgehead atoms. The monoisotopic (exact) mass is 177 g/mol. The van der Waals surface area contributed by atoms with Gasteiger partial charge in [-0.25, -0.2) is 0 Å². The summed E-state index contributed by atoms with van der Waals surface area (Å²) >= 11 is 0. The molecule has 1 aliphatic rings. The van der Waals surface area contributed by atoms with Gasteiger partial charge in [-0.15, -0.1) is 6.42 Å². The molecule has 1 fully saturated rings. The van der Waals surface area contributed by atoms with Crippen LogP contribution in [0.3, 0.4) is 0 Å². The number of likely N-dealkylation sites (tertiary alicyclic amines) is 1. The van der Waals surface area contributed by atoms with E-state index in [1.165, 1.54) is 4.90 Å². The molecule has 2 N–H and O–H groups in total. The van der Waals surface area contributed by atoms with Gasteiger partial charge in [-0.1, -0.05) is 5.92 Å². The second kappa shape index (κ2) is 3.93. The molecular weight excluding hydrogens is 166 g/mol. The van der Waals surface area contributed by atoms with E-state index in [0.717, 1.165) is 0 Å². The molecule has 68 valence electrons. The Kier molecular flexibility index (Phi) is 2.89. The van der Waals surface area contributed by atoms with Gasteiger partial charge in [0, 0.05) is 0 Å². The van der Waals surface area contributed by atoms with Gasteiger partial charge in [0.1, 0.15) is 6.04 Å². The summed E-state index contributed by atoms with van der Waals surface area (Å²) < 4.78 is 0. The van der Waals surface area contributed by atoms with E-state index in [0.29, 0.717) is 12.8 Å². The van der Waals surface area contributed by atoms with Crippen molar-refractivity contribution in [3.8, 4) is 18.4 Å². The van der Waals surface area contributed by atoms with E-state index in [1.54, 1.807) is 0 Å². The number of amides is 1. The summed E-state index contributed by atoms with van der Waals surface area (Å²) in [7, 11) is 0. The molecule has 4 nitrogen and oxygen atoms in total. The number of rotatable bonds is 1. The maximum absolute atomic E-state index is 11.3. The number of nitrogens with zero attached hydrogens (tertiary/aromatic N) is 2. The van der Waals surface area contributed by atoms with Crippen molar-refractivity contribution in [1.29, 1.82) is 5.26 Å². The molecule has 1 rings (SSSR count). The summed E-state index contributed by atoms with van der Waals surface area (Å²) in [6.45, 7) is -0.0869. The Bertz CT molecular complexity index is 264. The van der Waals surface area contributed by atoms with E-state index in [4.69, 9.17) is 17.4 Å². The molecule has 0 aromatic rings. The average Bonchev–Trinajstić information content (AvgIpc) is 2.59. The van der Waals surface area contributed by atoms with Crippen molar-refractivity contribution < 1.29 is 4.79 Å². The Morgan fingerprint density at radius 2 is 2.23 bits per heavy atom. The molecule has 0 radical (unpaired) electrons. The summed E-state index contributed by atoms with van der Waals surface area (Å²) in [5.74, 6) is 2.25. The first kappa shape index (κ1) is 9.57. The summed E-state index contributed by atoms with van der Waals surface area (Å²) in [5, 5.41) is 8.74. The van der Waals surface area contributed by atoms with Crippen molar-refractivity contribution in [2.75, 3.05) is 6.54 Å². The van der Waals surface area contributed by atoms with E-state index in [2.05, 4.69) is 5.92 Å². The summed E-state index contributed by atoms with van der Waals surface area (Å²) in [4.78, 5) is 12.7. The number of hydrogen-bond acceptors (Lipinski definition) is 3. The van der Waals surface area contributed by atoms with E-state index < -0.39 is 6.04 Å². The van der Waals surface area contributed by atoms with Crippen molar-refractivity contribution in [3.05, 3.63) is 0 Å². The van der Waals surface area contributed by atoms with Crippen molar-refractivity contribution in [3.63, 3.8) is 0 Å². The van der Waals surface area contributed by atoms with Gasteiger partial charge in [-0.05, 0) is 12.8 Å². The van der Waals surface area contributed by atoms with Crippen LogP contribution in [0.1, 0.15) is 12.8 Å². The number of nitrogens with two attached hydrogens (primary N) is 1. The molecule has 13 heavy (non-hydrogen) atoms. The molecule has 1 amide bonds. The molecule has 0 aliphatic carbocycles. The Balaban J connectivity index is 2.82. The maximum atomic E-state index is 11.3. The van der Waals surface area contributed by atoms with Gasteiger partial charge in [0.05, 0.1) is 18.7 Å². The van der Waals surface area contributed by atoms with Gasteiger partial charge in [-0.3, -0.25) is 4.79 Å². The fraction of sp³-hybridized carbons (Fsp3) is 0.556. The number of terminal acetylenes is 1. The Morgan fingerprint density at radius 3 is 2.69 bits per heavy atom. The molecule has 0 saturated carbocycles. The van der Waals surface area contributed by atoms with Crippen molar-refractivity contribution in [1.82, 2.24) is 4.90 Å². The van der Waals surface area contributed by atoms with Crippen LogP contribution in [0.5, 0.6) is 0 Å². The smallest absolute Gasteiger partial charge is 0.238 e. The van der Waals surface area contributed by atoms with Gasteiger partial charge in [0.25, 0.3) is 0 Å². The zero-order valence-electron chi connectivity index (χ0n) is 7.23. The standard InChI is InChI=1S/C9H11N3O/c1-2-7-3-4-8(5-10)12(7)9(13)6-11/h1,7-8H,3-4,6,11H2. The number of nitriles is 1. The van der Waals surface area contributed by atoms with E-state index >= 15 is 0 Å². The highest BCUT2D eigenvalue weighted by molar-refractivity contribution is 5.79. The largest absolute Gasteiger partial charge is 0.322 e. The highest BCUT2D eigenvalue weighted by Gasteiger charge is 2.34.